The van der Waals surface area contributed by atoms with Gasteiger partial charge in [-0.2, -0.15) is 0 Å². The summed E-state index contributed by atoms with van der Waals surface area (Å²) in [4.78, 5) is 12.0. The van der Waals surface area contributed by atoms with E-state index in [9.17, 15) is 9.90 Å². The average molecular weight is 322 g/mol. The maximum atomic E-state index is 12.0. The molecule has 3 N–H and O–H groups in total. The van der Waals surface area contributed by atoms with Gasteiger partial charge in [0.25, 0.3) is 0 Å². The Bertz CT molecular complexity index is 507. The minimum absolute atomic E-state index is 0.106. The molecule has 23 heavy (non-hydrogen) atoms. The van der Waals surface area contributed by atoms with Crippen LogP contribution in [0.1, 0.15) is 47.5 Å². The van der Waals surface area contributed by atoms with Crippen molar-refractivity contribution < 1.29 is 14.6 Å². The summed E-state index contributed by atoms with van der Waals surface area (Å²) in [6.07, 6.45) is 1.68. The van der Waals surface area contributed by atoms with E-state index in [0.29, 0.717) is 18.0 Å². The maximum Gasteiger partial charge on any atom is 0.319 e. The molecule has 0 aliphatic rings. The second-order valence-corrected chi connectivity index (χ2v) is 7.52. The molecule has 2 amide bonds. The zero-order valence-corrected chi connectivity index (χ0v) is 14.9. The molecule has 0 fully saturated rings. The van der Waals surface area contributed by atoms with E-state index in [0.717, 1.165) is 12.8 Å². The lowest BCUT2D eigenvalue weighted by molar-refractivity contribution is 0.132. The number of nitrogens with one attached hydrogen (secondary N) is 2. The van der Waals surface area contributed by atoms with E-state index in [4.69, 9.17) is 4.74 Å². The predicted octanol–water partition coefficient (Wildman–Crippen LogP) is 3.78. The van der Waals surface area contributed by atoms with E-state index >= 15 is 0 Å². The van der Waals surface area contributed by atoms with Crippen LogP contribution in [0.4, 0.5) is 10.5 Å². The zero-order chi connectivity index (χ0) is 17.5. The molecule has 0 aliphatic carbocycles. The normalized spacial score (nSPS) is 11.9. The van der Waals surface area contributed by atoms with Crippen molar-refractivity contribution in [2.45, 2.75) is 53.1 Å². The summed E-state index contributed by atoms with van der Waals surface area (Å²) >= 11 is 0. The molecular weight excluding hydrogens is 292 g/mol. The standard InChI is InChI=1S/C18H30N2O3/c1-17(2,3)23-15-10-7-6-9-14(15)20-16(22)19-12-8-11-18(4,5)13-21/h6-7,9-10,21H,8,11-13H2,1-5H3,(H2,19,20,22). The van der Waals surface area contributed by atoms with Crippen LogP contribution in [0.3, 0.4) is 0 Å². The molecule has 0 atom stereocenters. The van der Waals surface area contributed by atoms with Crippen molar-refractivity contribution in [2.24, 2.45) is 5.41 Å². The molecule has 0 aliphatic heterocycles. The number of anilines is 1. The quantitative estimate of drug-likeness (QED) is 0.669. The molecular formula is C18H30N2O3. The van der Waals surface area contributed by atoms with Crippen molar-refractivity contribution >= 4 is 11.7 Å². The summed E-state index contributed by atoms with van der Waals surface area (Å²) in [7, 11) is 0. The van der Waals surface area contributed by atoms with Crippen LogP contribution in [0.5, 0.6) is 5.75 Å². The van der Waals surface area contributed by atoms with Crippen LogP contribution in [0, 0.1) is 5.41 Å². The molecule has 0 heterocycles. The Morgan fingerprint density at radius 1 is 1.17 bits per heavy atom. The molecule has 1 aromatic rings. The van der Waals surface area contributed by atoms with Gasteiger partial charge >= 0.3 is 6.03 Å². The van der Waals surface area contributed by atoms with Gasteiger partial charge in [-0.25, -0.2) is 4.79 Å². The number of hydrogen-bond donors (Lipinski definition) is 3. The van der Waals surface area contributed by atoms with Gasteiger partial charge in [0.05, 0.1) is 5.69 Å². The number of benzene rings is 1. The van der Waals surface area contributed by atoms with Gasteiger partial charge in [0.1, 0.15) is 11.4 Å². The zero-order valence-electron chi connectivity index (χ0n) is 14.9. The highest BCUT2D eigenvalue weighted by atomic mass is 16.5. The number of urea groups is 1. The first-order valence-electron chi connectivity index (χ1n) is 8.07. The van der Waals surface area contributed by atoms with E-state index in [1.807, 2.05) is 58.9 Å². The van der Waals surface area contributed by atoms with E-state index in [1.54, 1.807) is 0 Å². The molecule has 0 spiro atoms. The SMILES string of the molecule is CC(C)(CO)CCCNC(=O)Nc1ccccc1OC(C)(C)C. The summed E-state index contributed by atoms with van der Waals surface area (Å²) in [6, 6.07) is 7.13. The summed E-state index contributed by atoms with van der Waals surface area (Å²) in [5.41, 5.74) is 0.214. The number of aliphatic hydroxyl groups excluding tert-OH is 1. The van der Waals surface area contributed by atoms with Crippen molar-refractivity contribution in [1.82, 2.24) is 5.32 Å². The third-order valence-corrected chi connectivity index (χ3v) is 3.30. The molecule has 1 aromatic carbocycles. The second-order valence-electron chi connectivity index (χ2n) is 7.52. The molecule has 0 unspecified atom stereocenters. The Morgan fingerprint density at radius 3 is 2.43 bits per heavy atom. The Hall–Kier alpha value is -1.75. The van der Waals surface area contributed by atoms with Crippen molar-refractivity contribution in [3.63, 3.8) is 0 Å². The number of amides is 2. The van der Waals surface area contributed by atoms with E-state index < -0.39 is 0 Å². The van der Waals surface area contributed by atoms with Gasteiger partial charge in [0.15, 0.2) is 0 Å². The van der Waals surface area contributed by atoms with Crippen LogP contribution in [0.15, 0.2) is 24.3 Å². The van der Waals surface area contributed by atoms with Gasteiger partial charge in [-0.1, -0.05) is 26.0 Å². The molecule has 0 saturated heterocycles. The van der Waals surface area contributed by atoms with Crippen molar-refractivity contribution in [3.05, 3.63) is 24.3 Å². The molecule has 0 bridgehead atoms. The Labute approximate surface area is 139 Å². The molecule has 0 saturated carbocycles. The smallest absolute Gasteiger partial charge is 0.319 e. The van der Waals surface area contributed by atoms with E-state index in [2.05, 4.69) is 10.6 Å². The van der Waals surface area contributed by atoms with Gasteiger partial charge in [-0.15, -0.1) is 0 Å². The van der Waals surface area contributed by atoms with Gasteiger partial charge < -0.3 is 20.5 Å². The summed E-state index contributed by atoms with van der Waals surface area (Å²) in [6.45, 7) is 10.6. The average Bonchev–Trinajstić information content (AvgIpc) is 2.44. The topological polar surface area (TPSA) is 70.6 Å². The van der Waals surface area contributed by atoms with Gasteiger partial charge in [0, 0.05) is 13.2 Å². The van der Waals surface area contributed by atoms with Crippen molar-refractivity contribution in [1.29, 1.82) is 0 Å². The first-order chi connectivity index (χ1) is 10.6. The van der Waals surface area contributed by atoms with Crippen LogP contribution >= 0.6 is 0 Å². The summed E-state index contributed by atoms with van der Waals surface area (Å²) < 4.78 is 5.85. The van der Waals surface area contributed by atoms with Crippen LogP contribution in [-0.2, 0) is 0 Å². The summed E-state index contributed by atoms with van der Waals surface area (Å²) in [5.74, 6) is 0.650. The number of carbonyl (C=O) groups excluding carboxylic acids is 1. The lowest BCUT2D eigenvalue weighted by Crippen LogP contribution is -2.31. The number of para-hydroxylation sites is 2. The van der Waals surface area contributed by atoms with E-state index in [-0.39, 0.29) is 23.7 Å². The highest BCUT2D eigenvalue weighted by Gasteiger charge is 2.17. The monoisotopic (exact) mass is 322 g/mol. The fraction of sp³-hybridized carbons (Fsp3) is 0.611. The largest absolute Gasteiger partial charge is 0.486 e. The molecule has 5 heteroatoms. The van der Waals surface area contributed by atoms with E-state index in [1.165, 1.54) is 0 Å². The number of carbonyl (C=O) groups is 1. The van der Waals surface area contributed by atoms with Crippen LogP contribution in [-0.4, -0.2) is 29.9 Å². The first kappa shape index (κ1) is 19.3. The molecule has 5 nitrogen and oxygen atoms in total. The minimum Gasteiger partial charge on any atom is -0.486 e. The maximum absolute atomic E-state index is 12.0. The highest BCUT2D eigenvalue weighted by Crippen LogP contribution is 2.27. The van der Waals surface area contributed by atoms with Gasteiger partial charge in [-0.3, -0.25) is 0 Å². The van der Waals surface area contributed by atoms with Crippen molar-refractivity contribution in [3.8, 4) is 5.75 Å². The Balaban J connectivity index is 2.49. The predicted molar refractivity (Wildman–Crippen MR) is 93.9 cm³/mol. The number of ether oxygens (including phenoxy) is 1. The van der Waals surface area contributed by atoms with Gasteiger partial charge in [-0.05, 0) is 51.2 Å². The van der Waals surface area contributed by atoms with Crippen molar-refractivity contribution in [2.75, 3.05) is 18.5 Å². The first-order valence-corrected chi connectivity index (χ1v) is 8.07. The molecule has 0 radical (unpaired) electrons. The van der Waals surface area contributed by atoms with Crippen LogP contribution < -0.4 is 15.4 Å². The van der Waals surface area contributed by atoms with Crippen LogP contribution in [0.2, 0.25) is 0 Å². The lowest BCUT2D eigenvalue weighted by Gasteiger charge is -2.23. The third kappa shape index (κ3) is 7.88. The number of aliphatic hydroxyl groups is 1. The highest BCUT2D eigenvalue weighted by molar-refractivity contribution is 5.90. The molecule has 0 aromatic heterocycles. The Kier molecular flexibility index (Phi) is 6.88. The molecule has 1 rings (SSSR count). The van der Waals surface area contributed by atoms with Crippen LogP contribution in [0.25, 0.3) is 0 Å². The molecule has 130 valence electrons. The summed E-state index contributed by atoms with van der Waals surface area (Å²) in [5, 5.41) is 14.9. The minimum atomic E-state index is -0.329. The third-order valence-electron chi connectivity index (χ3n) is 3.30. The fourth-order valence-electron chi connectivity index (χ4n) is 2.00. The number of rotatable bonds is 7. The fourth-order valence-corrected chi connectivity index (χ4v) is 2.00. The second kappa shape index (κ2) is 8.20. The number of hydrogen-bond acceptors (Lipinski definition) is 3. The lowest BCUT2D eigenvalue weighted by atomic mass is 9.89. The van der Waals surface area contributed by atoms with Gasteiger partial charge in [0.2, 0.25) is 0 Å². The Morgan fingerprint density at radius 2 is 1.83 bits per heavy atom.